The smallest absolute Gasteiger partial charge is 0.432 e. The van der Waals surface area contributed by atoms with Crippen LogP contribution in [0.3, 0.4) is 0 Å². The van der Waals surface area contributed by atoms with Gasteiger partial charge in [-0.05, 0) is 198 Å². The van der Waals surface area contributed by atoms with E-state index >= 15 is 0 Å². The Hall–Kier alpha value is -5.05. The van der Waals surface area contributed by atoms with Crippen molar-refractivity contribution in [3.8, 4) is 23.3 Å². The van der Waals surface area contributed by atoms with Crippen LogP contribution in [0.4, 0.5) is 45.5 Å². The maximum Gasteiger partial charge on any atom is 0.432 e. The first-order valence-corrected chi connectivity index (χ1v) is 52.4. The van der Waals surface area contributed by atoms with Crippen molar-refractivity contribution in [1.82, 2.24) is 0 Å². The molecule has 0 aliphatic carbocycles. The lowest BCUT2D eigenvalue weighted by atomic mass is 9.98. The van der Waals surface area contributed by atoms with Crippen LogP contribution in [0, 0.1) is 46.8 Å². The topological polar surface area (TPSA) is 207 Å². The maximum absolute atomic E-state index is 13.9. The quantitative estimate of drug-likeness (QED) is 0.0163. The molecule has 0 saturated carbocycles. The number of azo groups is 1. The zero-order valence-corrected chi connectivity index (χ0v) is 83.0. The van der Waals surface area contributed by atoms with E-state index in [1.807, 2.05) is 44.2 Å². The molecule has 6 atom stereocenters. The number of rotatable bonds is 71. The summed E-state index contributed by atoms with van der Waals surface area (Å²) in [5.74, 6) is 6.19. The van der Waals surface area contributed by atoms with Gasteiger partial charge in [0.05, 0.1) is 86.3 Å². The lowest BCUT2D eigenvalue weighted by Gasteiger charge is -2.32. The maximum atomic E-state index is 13.9. The normalized spacial score (nSPS) is 13.1. The molecule has 0 amide bonds. The van der Waals surface area contributed by atoms with Crippen LogP contribution in [0.15, 0.2) is 81.4 Å². The van der Waals surface area contributed by atoms with E-state index in [1.54, 1.807) is 32.0 Å². The van der Waals surface area contributed by atoms with Crippen LogP contribution in [0.1, 0.15) is 368 Å². The standard InChI is InChI=1S/C39H63BrN5O4P.C32H61N2O4P.C28H52N2O/c1-8-15-18-19-24-45(29-31(11-4)20-16-9-2)38-26-37(44-50(46,48-13-6)49-14-7)36(27-39(38)47-30-32(12-5)21-17-10-3)43-42-35-23-22-33(28-41)25-34(35)40;1-8-15-18-19-24-34(26-28(11-4)20-16-9-2)31-25-30(33-39(35,37-13-6)38-14-7)22-23-32(31)36-27-29(12-5)21-17-10-3;1-6-11-14-15-20-30(22-24(9-4)16-12-7-2)27-21-26(29)18-19-28(27)31-23-25(10-5)17-13-8-3/h22-23,25-27,31-32H,8-21,24,29-30H2,1-7H3,(H,44,46);22-23,25,28-29H,8-21,24,26-27H2,1-7H3,(H,33,35);18-19,21,24-25H,6-17,20,22-23,29H2,1-5H3. The van der Waals surface area contributed by atoms with E-state index in [0.717, 1.165) is 150 Å². The molecule has 0 fully saturated rings. The average Bonchev–Trinajstić information content (AvgIpc) is 0.830. The summed E-state index contributed by atoms with van der Waals surface area (Å²) in [6.45, 7) is 50.5. The molecule has 6 unspecified atom stereocenters. The number of nitrogen functional groups attached to an aromatic ring is 1. The van der Waals surface area contributed by atoms with Crippen LogP contribution in [0.2, 0.25) is 0 Å². The molecule has 18 nitrogen and oxygen atoms in total. The van der Waals surface area contributed by atoms with Crippen LogP contribution in [0.25, 0.3) is 0 Å². The van der Waals surface area contributed by atoms with E-state index in [-0.39, 0.29) is 13.2 Å². The highest BCUT2D eigenvalue weighted by Crippen LogP contribution is 2.53. The van der Waals surface area contributed by atoms with Gasteiger partial charge in [-0.1, -0.05) is 277 Å². The molecule has 4 N–H and O–H groups in total. The van der Waals surface area contributed by atoms with Crippen LogP contribution < -0.4 is 44.8 Å². The minimum absolute atomic E-state index is 0.211. The second kappa shape index (κ2) is 69.2. The molecule has 0 aliphatic heterocycles. The zero-order valence-electron chi connectivity index (χ0n) is 79.7. The van der Waals surface area contributed by atoms with Gasteiger partial charge in [0.2, 0.25) is 0 Å². The van der Waals surface area contributed by atoms with E-state index in [4.69, 9.17) is 38.0 Å². The molecule has 0 radical (unpaired) electrons. The Bertz CT molecular complexity index is 3380. The van der Waals surface area contributed by atoms with Crippen LogP contribution >= 0.6 is 31.4 Å². The predicted molar refractivity (Wildman–Crippen MR) is 521 cm³/mol. The second-order valence-electron chi connectivity index (χ2n) is 33.1. The number of nitrogens with one attached hydrogen (secondary N) is 2. The van der Waals surface area contributed by atoms with Crippen molar-refractivity contribution in [3.05, 3.63) is 76.8 Å². The first kappa shape index (κ1) is 111. The number of halogens is 1. The summed E-state index contributed by atoms with van der Waals surface area (Å²) in [4.78, 5) is 7.58. The largest absolute Gasteiger partial charge is 0.491 e. The van der Waals surface area contributed by atoms with Gasteiger partial charge in [0.25, 0.3) is 0 Å². The number of benzene rings is 4. The first-order valence-electron chi connectivity index (χ1n) is 48.5. The Morgan fingerprint density at radius 2 is 0.725 bits per heavy atom. The van der Waals surface area contributed by atoms with Crippen molar-refractivity contribution in [2.24, 2.45) is 45.7 Å². The molecule has 4 aromatic carbocycles. The van der Waals surface area contributed by atoms with E-state index in [0.29, 0.717) is 76.5 Å². The summed E-state index contributed by atoms with van der Waals surface area (Å²) in [5.41, 5.74) is 13.1. The molecule has 120 heavy (non-hydrogen) atoms. The number of nitriles is 1. The van der Waals surface area contributed by atoms with E-state index < -0.39 is 15.5 Å². The molecule has 688 valence electrons. The number of unbranched alkanes of at least 4 members (excludes halogenated alkanes) is 15. The molecule has 0 aliphatic rings. The van der Waals surface area contributed by atoms with Crippen molar-refractivity contribution in [1.29, 1.82) is 5.26 Å². The van der Waals surface area contributed by atoms with Gasteiger partial charge in [-0.3, -0.25) is 28.3 Å². The fraction of sp³-hybridized carbons (Fsp3) is 0.747. The summed E-state index contributed by atoms with van der Waals surface area (Å²) in [5, 5.41) is 24.8. The number of nitrogens with two attached hydrogens (primary N) is 1. The summed E-state index contributed by atoms with van der Waals surface area (Å²) in [6, 6.07) is 23.6. The van der Waals surface area contributed by atoms with Crippen molar-refractivity contribution < 1.29 is 41.4 Å². The molecular formula is C99H176BrN9O9P2. The molecule has 0 saturated heterocycles. The predicted octanol–water partition coefficient (Wildman–Crippen LogP) is 32.5. The molecule has 0 aromatic heterocycles. The van der Waals surface area contributed by atoms with E-state index in [2.05, 4.69) is 179 Å². The third-order valence-corrected chi connectivity index (χ3v) is 27.1. The van der Waals surface area contributed by atoms with Crippen molar-refractivity contribution >= 4 is 76.9 Å². The van der Waals surface area contributed by atoms with Gasteiger partial charge in [-0.2, -0.15) is 5.26 Å². The van der Waals surface area contributed by atoms with Crippen LogP contribution in [-0.2, 0) is 27.2 Å². The average molecular weight is 1780 g/mol. The first-order chi connectivity index (χ1) is 58.2. The summed E-state index contributed by atoms with van der Waals surface area (Å²) in [7, 11) is -7.18. The molecule has 0 bridgehead atoms. The molecule has 21 heteroatoms. The minimum Gasteiger partial charge on any atom is -0.491 e. The molecule has 4 rings (SSSR count). The fourth-order valence-electron chi connectivity index (χ4n) is 15.0. The Morgan fingerprint density at radius 3 is 1.08 bits per heavy atom. The Balaban J connectivity index is 0.000000629. The van der Waals surface area contributed by atoms with Crippen molar-refractivity contribution in [3.63, 3.8) is 0 Å². The zero-order chi connectivity index (χ0) is 88.6. The number of hydrogen-bond acceptors (Lipinski definition) is 16. The Kier molecular flexibility index (Phi) is 64.0. The molecule has 0 heterocycles. The van der Waals surface area contributed by atoms with Gasteiger partial charge in [-0.15, -0.1) is 10.2 Å². The number of nitrogens with zero attached hydrogens (tertiary/aromatic N) is 6. The van der Waals surface area contributed by atoms with E-state index in [9.17, 15) is 14.4 Å². The second-order valence-corrected chi connectivity index (χ2v) is 37.4. The number of hydrogen-bond donors (Lipinski definition) is 3. The third kappa shape index (κ3) is 45.7. The van der Waals surface area contributed by atoms with Gasteiger partial charge < -0.3 is 34.6 Å². The van der Waals surface area contributed by atoms with Crippen LogP contribution in [0.5, 0.6) is 17.2 Å². The minimum atomic E-state index is -3.73. The number of anilines is 6. The summed E-state index contributed by atoms with van der Waals surface area (Å²) in [6.07, 6.45) is 43.5. The van der Waals surface area contributed by atoms with Crippen molar-refractivity contribution in [2.45, 2.75) is 363 Å². The van der Waals surface area contributed by atoms with Crippen molar-refractivity contribution in [2.75, 3.05) is 116 Å². The van der Waals surface area contributed by atoms with Gasteiger partial charge in [-0.25, -0.2) is 9.13 Å². The highest BCUT2D eigenvalue weighted by atomic mass is 79.9. The van der Waals surface area contributed by atoms with Gasteiger partial charge >= 0.3 is 15.5 Å². The Morgan fingerprint density at radius 1 is 0.383 bits per heavy atom. The van der Waals surface area contributed by atoms with Gasteiger partial charge in [0.1, 0.15) is 22.9 Å². The molecule has 0 spiro atoms. The van der Waals surface area contributed by atoms with Gasteiger partial charge in [0, 0.05) is 61.2 Å². The SMILES string of the molecule is CCCCCCN(CC(CC)CCCC)c1cc(N)ccc1OCC(CC)CCCC.CCCCCCN(CC(CC)CCCC)c1cc(NP(=O)(OCC)OCC)c(N=Nc2ccc(C#N)cc2Br)cc1OCC(CC)CCCC.CCCCCCN(CC(CC)CCCC)c1cc(NP(=O)(OCC)OCC)ccc1OCC(CC)CCCC. The van der Waals surface area contributed by atoms with Crippen LogP contribution in [-0.4, -0.2) is 85.5 Å². The monoisotopic (exact) mass is 1780 g/mol. The van der Waals surface area contributed by atoms with E-state index in [1.165, 1.54) is 185 Å². The highest BCUT2D eigenvalue weighted by molar-refractivity contribution is 9.10. The molecular weight excluding hydrogens is 1600 g/mol. The lowest BCUT2D eigenvalue weighted by molar-refractivity contribution is 0.224. The van der Waals surface area contributed by atoms with Gasteiger partial charge in [0.15, 0.2) is 0 Å². The molecule has 4 aromatic rings. The highest BCUT2D eigenvalue weighted by Gasteiger charge is 2.30. The third-order valence-electron chi connectivity index (χ3n) is 23.1. The number of ether oxygens (including phenoxy) is 3. The Labute approximate surface area is 743 Å². The fourth-order valence-corrected chi connectivity index (χ4v) is 18.2. The summed E-state index contributed by atoms with van der Waals surface area (Å²) < 4.78 is 70.1. The summed E-state index contributed by atoms with van der Waals surface area (Å²) >= 11 is 3.53. The lowest BCUT2D eigenvalue weighted by Crippen LogP contribution is -2.31.